The van der Waals surface area contributed by atoms with Crippen molar-refractivity contribution in [2.45, 2.75) is 46.1 Å². The van der Waals surface area contributed by atoms with Gasteiger partial charge in [0.1, 0.15) is 0 Å². The molecule has 2 atom stereocenters. The van der Waals surface area contributed by atoms with Crippen LogP contribution < -0.4 is 5.32 Å². The fourth-order valence-electron chi connectivity index (χ4n) is 1.83. The Hall–Kier alpha value is -0.530. The highest BCUT2D eigenvalue weighted by Crippen LogP contribution is 2.45. The van der Waals surface area contributed by atoms with Crippen molar-refractivity contribution in [2.75, 3.05) is 0 Å². The normalized spacial score (nSPS) is 32.4. The Bertz CT molecular complexity index is 230. The molecule has 2 aliphatic carbocycles. The van der Waals surface area contributed by atoms with E-state index >= 15 is 0 Å². The second-order valence-electron chi connectivity index (χ2n) is 5.38. The zero-order valence-electron chi connectivity index (χ0n) is 8.76. The van der Waals surface area contributed by atoms with Gasteiger partial charge in [0, 0.05) is 12.0 Å². The van der Waals surface area contributed by atoms with Crippen LogP contribution in [0.5, 0.6) is 0 Å². The first-order valence-corrected chi connectivity index (χ1v) is 5.31. The van der Waals surface area contributed by atoms with Crippen LogP contribution in [-0.4, -0.2) is 11.9 Å². The molecule has 0 aromatic heterocycles. The van der Waals surface area contributed by atoms with Crippen molar-refractivity contribution in [3.05, 3.63) is 0 Å². The highest BCUT2D eigenvalue weighted by Gasteiger charge is 2.47. The third-order valence-corrected chi connectivity index (χ3v) is 3.57. The number of nitrogens with one attached hydrogen (secondary N) is 1. The molecule has 2 saturated carbocycles. The number of amides is 1. The van der Waals surface area contributed by atoms with E-state index in [1.807, 2.05) is 0 Å². The molecular formula is C11H19NO. The second-order valence-corrected chi connectivity index (χ2v) is 5.38. The van der Waals surface area contributed by atoms with Crippen LogP contribution in [0.3, 0.4) is 0 Å². The average molecular weight is 181 g/mol. The predicted octanol–water partition coefficient (Wildman–Crippen LogP) is 1.95. The molecule has 1 N–H and O–H groups in total. The summed E-state index contributed by atoms with van der Waals surface area (Å²) in [5.41, 5.74) is 0.360. The van der Waals surface area contributed by atoms with E-state index in [0.717, 1.165) is 6.42 Å². The summed E-state index contributed by atoms with van der Waals surface area (Å²) in [5, 5.41) is 3.13. The molecule has 0 saturated heterocycles. The van der Waals surface area contributed by atoms with Crippen LogP contribution in [0.4, 0.5) is 0 Å². The molecule has 2 nitrogen and oxygen atoms in total. The van der Waals surface area contributed by atoms with Crippen molar-refractivity contribution in [1.29, 1.82) is 0 Å². The van der Waals surface area contributed by atoms with Gasteiger partial charge in [0.25, 0.3) is 0 Å². The second kappa shape index (κ2) is 2.73. The molecule has 2 rings (SSSR count). The Labute approximate surface area is 80.1 Å². The molecule has 74 valence electrons. The molecule has 13 heavy (non-hydrogen) atoms. The highest BCUT2D eigenvalue weighted by molar-refractivity contribution is 5.79. The molecular weight excluding hydrogens is 162 g/mol. The van der Waals surface area contributed by atoms with Gasteiger partial charge in [-0.05, 0) is 30.6 Å². The van der Waals surface area contributed by atoms with Crippen molar-refractivity contribution in [3.63, 3.8) is 0 Å². The molecule has 0 aromatic carbocycles. The Kier molecular flexibility index (Phi) is 1.90. The van der Waals surface area contributed by atoms with Crippen LogP contribution >= 0.6 is 0 Å². The Balaban J connectivity index is 1.78. The van der Waals surface area contributed by atoms with Crippen molar-refractivity contribution in [3.8, 4) is 0 Å². The zero-order chi connectivity index (χ0) is 9.64. The lowest BCUT2D eigenvalue weighted by atomic mass is 10.1. The van der Waals surface area contributed by atoms with E-state index in [9.17, 15) is 4.79 Å². The smallest absolute Gasteiger partial charge is 0.223 e. The third-order valence-electron chi connectivity index (χ3n) is 3.57. The van der Waals surface area contributed by atoms with Gasteiger partial charge in [-0.2, -0.15) is 0 Å². The van der Waals surface area contributed by atoms with Crippen molar-refractivity contribution < 1.29 is 4.79 Å². The van der Waals surface area contributed by atoms with Crippen molar-refractivity contribution in [1.82, 2.24) is 5.32 Å². The number of carbonyl (C=O) groups excluding carboxylic acids is 1. The van der Waals surface area contributed by atoms with Crippen LogP contribution in [0.25, 0.3) is 0 Å². The van der Waals surface area contributed by atoms with Gasteiger partial charge in [-0.25, -0.2) is 0 Å². The van der Waals surface area contributed by atoms with Gasteiger partial charge in [-0.15, -0.1) is 0 Å². The maximum absolute atomic E-state index is 11.7. The minimum Gasteiger partial charge on any atom is -0.353 e. The standard InChI is InChI=1S/C11H19NO/c1-7(8-4-5-8)10(13)12-9-6-11(9,2)3/h7-9H,4-6H2,1-3H3,(H,12,13). The fourth-order valence-corrected chi connectivity index (χ4v) is 1.83. The molecule has 0 heterocycles. The summed E-state index contributed by atoms with van der Waals surface area (Å²) in [7, 11) is 0. The minimum atomic E-state index is 0.247. The SMILES string of the molecule is CC(C(=O)NC1CC1(C)C)C1CC1. The maximum Gasteiger partial charge on any atom is 0.223 e. The van der Waals surface area contributed by atoms with E-state index in [2.05, 4.69) is 26.1 Å². The van der Waals surface area contributed by atoms with Crippen molar-refractivity contribution >= 4 is 5.91 Å². The molecule has 2 fully saturated rings. The lowest BCUT2D eigenvalue weighted by Gasteiger charge is -2.11. The van der Waals surface area contributed by atoms with Crippen LogP contribution in [0.1, 0.15) is 40.0 Å². The molecule has 0 aromatic rings. The predicted molar refractivity (Wildman–Crippen MR) is 52.2 cm³/mol. The first kappa shape index (κ1) is 9.04. The van der Waals surface area contributed by atoms with E-state index in [0.29, 0.717) is 17.4 Å². The number of hydrogen-bond acceptors (Lipinski definition) is 1. The fraction of sp³-hybridized carbons (Fsp3) is 0.909. The quantitative estimate of drug-likeness (QED) is 0.708. The molecule has 0 spiro atoms. The molecule has 2 unspecified atom stereocenters. The van der Waals surface area contributed by atoms with Gasteiger partial charge >= 0.3 is 0 Å². The van der Waals surface area contributed by atoms with Crippen LogP contribution in [0, 0.1) is 17.3 Å². The third kappa shape index (κ3) is 1.87. The van der Waals surface area contributed by atoms with E-state index in [4.69, 9.17) is 0 Å². The summed E-state index contributed by atoms with van der Waals surface area (Å²) >= 11 is 0. The Morgan fingerprint density at radius 1 is 1.46 bits per heavy atom. The number of rotatable bonds is 3. The maximum atomic E-state index is 11.7. The van der Waals surface area contributed by atoms with E-state index in [1.165, 1.54) is 12.8 Å². The van der Waals surface area contributed by atoms with Crippen LogP contribution in [0.15, 0.2) is 0 Å². The Morgan fingerprint density at radius 2 is 2.00 bits per heavy atom. The van der Waals surface area contributed by atoms with E-state index in [-0.39, 0.29) is 11.8 Å². The lowest BCUT2D eigenvalue weighted by Crippen LogP contribution is -2.33. The summed E-state index contributed by atoms with van der Waals surface area (Å²) in [4.78, 5) is 11.7. The van der Waals surface area contributed by atoms with Crippen LogP contribution in [0.2, 0.25) is 0 Å². The molecule has 2 aliphatic rings. The largest absolute Gasteiger partial charge is 0.353 e. The van der Waals surface area contributed by atoms with Gasteiger partial charge in [0.15, 0.2) is 0 Å². The zero-order valence-corrected chi connectivity index (χ0v) is 8.76. The number of hydrogen-bond donors (Lipinski definition) is 1. The summed E-state index contributed by atoms with van der Waals surface area (Å²) < 4.78 is 0. The van der Waals surface area contributed by atoms with E-state index < -0.39 is 0 Å². The minimum absolute atomic E-state index is 0.247. The van der Waals surface area contributed by atoms with Gasteiger partial charge in [-0.1, -0.05) is 20.8 Å². The summed E-state index contributed by atoms with van der Waals surface area (Å²) in [6.07, 6.45) is 3.65. The highest BCUT2D eigenvalue weighted by atomic mass is 16.2. The summed E-state index contributed by atoms with van der Waals surface area (Å²) in [6, 6.07) is 0.446. The van der Waals surface area contributed by atoms with Gasteiger partial charge in [0.05, 0.1) is 0 Å². The summed E-state index contributed by atoms with van der Waals surface area (Å²) in [5.74, 6) is 1.20. The lowest BCUT2D eigenvalue weighted by molar-refractivity contribution is -0.125. The first-order valence-electron chi connectivity index (χ1n) is 5.31. The molecule has 0 bridgehead atoms. The average Bonchev–Trinajstić information content (AvgIpc) is 2.88. The van der Waals surface area contributed by atoms with Crippen molar-refractivity contribution in [2.24, 2.45) is 17.3 Å². The summed E-state index contributed by atoms with van der Waals surface area (Å²) in [6.45, 7) is 6.47. The van der Waals surface area contributed by atoms with E-state index in [1.54, 1.807) is 0 Å². The molecule has 0 aliphatic heterocycles. The van der Waals surface area contributed by atoms with Gasteiger partial charge in [-0.3, -0.25) is 4.79 Å². The topological polar surface area (TPSA) is 29.1 Å². The Morgan fingerprint density at radius 3 is 2.38 bits per heavy atom. The first-order chi connectivity index (χ1) is 6.00. The molecule has 1 amide bonds. The monoisotopic (exact) mass is 181 g/mol. The number of carbonyl (C=O) groups is 1. The molecule has 0 radical (unpaired) electrons. The van der Waals surface area contributed by atoms with Gasteiger partial charge < -0.3 is 5.32 Å². The van der Waals surface area contributed by atoms with Crippen LogP contribution in [-0.2, 0) is 4.79 Å². The molecule has 2 heteroatoms. The van der Waals surface area contributed by atoms with Gasteiger partial charge in [0.2, 0.25) is 5.91 Å².